The van der Waals surface area contributed by atoms with Crippen molar-refractivity contribution in [2.45, 2.75) is 13.5 Å². The first kappa shape index (κ1) is 16.5. The van der Waals surface area contributed by atoms with Gasteiger partial charge < -0.3 is 9.64 Å². The Bertz CT molecular complexity index is 689. The molecule has 0 unspecified atom stereocenters. The zero-order chi connectivity index (χ0) is 16.9. The highest BCUT2D eigenvalue weighted by Gasteiger charge is 2.22. The molecule has 0 N–H and O–H groups in total. The van der Waals surface area contributed by atoms with Gasteiger partial charge in [-0.3, -0.25) is 9.69 Å². The van der Waals surface area contributed by atoms with Crippen LogP contribution in [0, 0.1) is 6.92 Å². The average Bonchev–Trinajstić information content (AvgIpc) is 2.64. The summed E-state index contributed by atoms with van der Waals surface area (Å²) in [7, 11) is 1.62. The van der Waals surface area contributed by atoms with E-state index >= 15 is 0 Å². The fourth-order valence-corrected chi connectivity index (χ4v) is 3.00. The van der Waals surface area contributed by atoms with Gasteiger partial charge >= 0.3 is 0 Å². The number of aryl methyl sites for hydroxylation is 1. The molecule has 126 valence electrons. The minimum Gasteiger partial charge on any atom is -0.497 e. The molecular formula is C20H24N2O2. The van der Waals surface area contributed by atoms with Crippen molar-refractivity contribution >= 4 is 5.91 Å². The molecule has 24 heavy (non-hydrogen) atoms. The molecule has 2 aromatic rings. The number of benzene rings is 2. The Kier molecular flexibility index (Phi) is 5.16. The third-order valence-electron chi connectivity index (χ3n) is 4.50. The highest BCUT2D eigenvalue weighted by molar-refractivity contribution is 5.94. The topological polar surface area (TPSA) is 32.8 Å². The van der Waals surface area contributed by atoms with Gasteiger partial charge in [0.15, 0.2) is 0 Å². The number of piperazine rings is 1. The molecule has 0 saturated carbocycles. The van der Waals surface area contributed by atoms with Gasteiger partial charge in [0, 0.05) is 38.3 Å². The number of ether oxygens (including phenoxy) is 1. The molecule has 4 heteroatoms. The molecule has 1 aliphatic rings. The van der Waals surface area contributed by atoms with Crippen LogP contribution in [0.2, 0.25) is 0 Å². The largest absolute Gasteiger partial charge is 0.497 e. The summed E-state index contributed by atoms with van der Waals surface area (Å²) in [4.78, 5) is 17.0. The summed E-state index contributed by atoms with van der Waals surface area (Å²) in [5, 5.41) is 0. The molecule has 0 aromatic heterocycles. The summed E-state index contributed by atoms with van der Waals surface area (Å²) >= 11 is 0. The van der Waals surface area contributed by atoms with Crippen LogP contribution in [-0.4, -0.2) is 49.0 Å². The Morgan fingerprint density at radius 1 is 1.04 bits per heavy atom. The minimum absolute atomic E-state index is 0.0869. The average molecular weight is 324 g/mol. The Balaban J connectivity index is 1.56. The zero-order valence-corrected chi connectivity index (χ0v) is 14.4. The second-order valence-corrected chi connectivity index (χ2v) is 6.29. The second-order valence-electron chi connectivity index (χ2n) is 6.29. The Hall–Kier alpha value is -2.33. The molecule has 3 rings (SSSR count). The van der Waals surface area contributed by atoms with E-state index in [2.05, 4.69) is 36.1 Å². The van der Waals surface area contributed by atoms with Crippen LogP contribution in [0.15, 0.2) is 48.5 Å². The Labute approximate surface area is 143 Å². The quantitative estimate of drug-likeness (QED) is 0.867. The lowest BCUT2D eigenvalue weighted by atomic mass is 10.1. The summed E-state index contributed by atoms with van der Waals surface area (Å²) in [5.41, 5.74) is 3.31. The summed E-state index contributed by atoms with van der Waals surface area (Å²) in [6.45, 7) is 6.39. The number of nitrogens with zero attached hydrogens (tertiary/aromatic N) is 2. The van der Waals surface area contributed by atoms with Crippen LogP contribution in [0.4, 0.5) is 0 Å². The van der Waals surface area contributed by atoms with Crippen LogP contribution in [0.1, 0.15) is 21.5 Å². The minimum atomic E-state index is 0.0869. The molecule has 1 amide bonds. The molecule has 1 aliphatic heterocycles. The van der Waals surface area contributed by atoms with Crippen molar-refractivity contribution in [3.63, 3.8) is 0 Å². The smallest absolute Gasteiger partial charge is 0.254 e. The van der Waals surface area contributed by atoms with E-state index in [9.17, 15) is 4.79 Å². The van der Waals surface area contributed by atoms with Crippen molar-refractivity contribution in [2.24, 2.45) is 0 Å². The molecule has 1 heterocycles. The molecule has 0 aliphatic carbocycles. The summed E-state index contributed by atoms with van der Waals surface area (Å²) in [5.74, 6) is 0.808. The number of carbonyl (C=O) groups is 1. The highest BCUT2D eigenvalue weighted by atomic mass is 16.5. The van der Waals surface area contributed by atoms with Gasteiger partial charge in [-0.2, -0.15) is 0 Å². The zero-order valence-electron chi connectivity index (χ0n) is 14.4. The van der Waals surface area contributed by atoms with E-state index in [1.165, 1.54) is 11.1 Å². The number of amides is 1. The molecule has 1 fully saturated rings. The molecule has 0 bridgehead atoms. The van der Waals surface area contributed by atoms with Gasteiger partial charge in [0.05, 0.1) is 7.11 Å². The van der Waals surface area contributed by atoms with Crippen molar-refractivity contribution in [1.82, 2.24) is 9.80 Å². The van der Waals surface area contributed by atoms with Gasteiger partial charge in [-0.05, 0) is 30.7 Å². The first-order chi connectivity index (χ1) is 11.7. The van der Waals surface area contributed by atoms with Crippen LogP contribution in [0.3, 0.4) is 0 Å². The molecule has 1 saturated heterocycles. The predicted molar refractivity (Wildman–Crippen MR) is 95.4 cm³/mol. The SMILES string of the molecule is COc1cccc(C(=O)N2CCN(Cc3ccc(C)cc3)CC2)c1. The second kappa shape index (κ2) is 7.49. The van der Waals surface area contributed by atoms with Gasteiger partial charge in [-0.15, -0.1) is 0 Å². The highest BCUT2D eigenvalue weighted by Crippen LogP contribution is 2.16. The molecule has 0 spiro atoms. The van der Waals surface area contributed by atoms with E-state index in [0.717, 1.165) is 38.5 Å². The fraction of sp³-hybridized carbons (Fsp3) is 0.350. The van der Waals surface area contributed by atoms with E-state index < -0.39 is 0 Å². The third kappa shape index (κ3) is 3.95. The van der Waals surface area contributed by atoms with Gasteiger partial charge in [-0.25, -0.2) is 0 Å². The van der Waals surface area contributed by atoms with Crippen LogP contribution in [0.5, 0.6) is 5.75 Å². The van der Waals surface area contributed by atoms with Gasteiger partial charge in [0.25, 0.3) is 5.91 Å². The maximum Gasteiger partial charge on any atom is 0.254 e. The molecule has 4 nitrogen and oxygen atoms in total. The van der Waals surface area contributed by atoms with Crippen molar-refractivity contribution < 1.29 is 9.53 Å². The van der Waals surface area contributed by atoms with Gasteiger partial charge in [-0.1, -0.05) is 35.9 Å². The molecular weight excluding hydrogens is 300 g/mol. The number of methoxy groups -OCH3 is 1. The maximum absolute atomic E-state index is 12.6. The van der Waals surface area contributed by atoms with E-state index in [4.69, 9.17) is 4.74 Å². The van der Waals surface area contributed by atoms with Crippen molar-refractivity contribution in [1.29, 1.82) is 0 Å². The monoisotopic (exact) mass is 324 g/mol. The number of hydrogen-bond donors (Lipinski definition) is 0. The maximum atomic E-state index is 12.6. The lowest BCUT2D eigenvalue weighted by Gasteiger charge is -2.34. The summed E-state index contributed by atoms with van der Waals surface area (Å²) in [6.07, 6.45) is 0. The van der Waals surface area contributed by atoms with E-state index in [0.29, 0.717) is 5.56 Å². The number of rotatable bonds is 4. The van der Waals surface area contributed by atoms with Crippen LogP contribution in [0.25, 0.3) is 0 Å². The van der Waals surface area contributed by atoms with Crippen molar-refractivity contribution in [3.8, 4) is 5.75 Å². The van der Waals surface area contributed by atoms with E-state index in [-0.39, 0.29) is 5.91 Å². The molecule has 0 radical (unpaired) electrons. The van der Waals surface area contributed by atoms with Gasteiger partial charge in [0.1, 0.15) is 5.75 Å². The Morgan fingerprint density at radius 2 is 1.75 bits per heavy atom. The third-order valence-corrected chi connectivity index (χ3v) is 4.50. The summed E-state index contributed by atoms with van der Waals surface area (Å²) in [6, 6.07) is 16.0. The first-order valence-electron chi connectivity index (χ1n) is 8.37. The molecule has 2 aromatic carbocycles. The fourth-order valence-electron chi connectivity index (χ4n) is 3.00. The van der Waals surface area contributed by atoms with Crippen LogP contribution < -0.4 is 4.74 Å². The predicted octanol–water partition coefficient (Wildman–Crippen LogP) is 2.96. The standard InChI is InChI=1S/C20H24N2O2/c1-16-6-8-17(9-7-16)15-21-10-12-22(13-11-21)20(23)18-4-3-5-19(14-18)24-2/h3-9,14H,10-13,15H2,1-2H3. The Morgan fingerprint density at radius 3 is 2.42 bits per heavy atom. The van der Waals surface area contributed by atoms with Crippen LogP contribution >= 0.6 is 0 Å². The van der Waals surface area contributed by atoms with E-state index in [1.807, 2.05) is 23.1 Å². The van der Waals surface area contributed by atoms with Gasteiger partial charge in [0.2, 0.25) is 0 Å². The van der Waals surface area contributed by atoms with E-state index in [1.54, 1.807) is 13.2 Å². The lowest BCUT2D eigenvalue weighted by Crippen LogP contribution is -2.48. The van der Waals surface area contributed by atoms with Crippen molar-refractivity contribution in [3.05, 3.63) is 65.2 Å². The summed E-state index contributed by atoms with van der Waals surface area (Å²) < 4.78 is 5.21. The normalized spacial score (nSPS) is 15.3. The number of carbonyl (C=O) groups excluding carboxylic acids is 1. The molecule has 0 atom stereocenters. The number of hydrogen-bond acceptors (Lipinski definition) is 3. The van der Waals surface area contributed by atoms with Crippen molar-refractivity contribution in [2.75, 3.05) is 33.3 Å². The van der Waals surface area contributed by atoms with Crippen LogP contribution in [-0.2, 0) is 6.54 Å². The first-order valence-corrected chi connectivity index (χ1v) is 8.37. The lowest BCUT2D eigenvalue weighted by molar-refractivity contribution is 0.0628.